The van der Waals surface area contributed by atoms with Gasteiger partial charge >= 0.3 is 0 Å². The number of nitrogens with zero attached hydrogens (tertiary/aromatic N) is 3. The molecule has 8 heteroatoms. The summed E-state index contributed by atoms with van der Waals surface area (Å²) in [6.07, 6.45) is 4.32. The van der Waals surface area contributed by atoms with Crippen LogP contribution >= 0.6 is 0 Å². The molecule has 18 heavy (non-hydrogen) atoms. The lowest BCUT2D eigenvalue weighted by Gasteiger charge is -2.30. The van der Waals surface area contributed by atoms with Crippen molar-refractivity contribution in [1.82, 2.24) is 14.3 Å². The standard InChI is InChI=1S/C10H17N5O2S/c1-18(16,17)15-4-2-7(3-5-15)8-6-13-10(12)14-9(8)11/h6-7H,2-5H2,1H3,(H4,11,12,13,14). The number of hydrogen-bond acceptors (Lipinski definition) is 6. The maximum atomic E-state index is 11.4. The molecule has 1 saturated heterocycles. The predicted molar refractivity (Wildman–Crippen MR) is 69.2 cm³/mol. The van der Waals surface area contributed by atoms with Gasteiger partial charge in [-0.3, -0.25) is 0 Å². The average molecular weight is 271 g/mol. The highest BCUT2D eigenvalue weighted by Gasteiger charge is 2.27. The van der Waals surface area contributed by atoms with Gasteiger partial charge in [-0.2, -0.15) is 4.98 Å². The lowest BCUT2D eigenvalue weighted by molar-refractivity contribution is 0.321. The van der Waals surface area contributed by atoms with Gasteiger partial charge in [0, 0.05) is 24.8 Å². The summed E-state index contributed by atoms with van der Waals surface area (Å²) in [5.41, 5.74) is 12.1. The molecule has 0 aliphatic carbocycles. The number of rotatable bonds is 2. The molecule has 0 amide bonds. The van der Waals surface area contributed by atoms with Crippen molar-refractivity contribution in [3.8, 4) is 0 Å². The van der Waals surface area contributed by atoms with E-state index in [1.165, 1.54) is 10.6 Å². The van der Waals surface area contributed by atoms with Crippen LogP contribution in [0, 0.1) is 0 Å². The van der Waals surface area contributed by atoms with E-state index in [0.717, 1.165) is 18.4 Å². The van der Waals surface area contributed by atoms with Crippen LogP contribution in [0.25, 0.3) is 0 Å². The quantitative estimate of drug-likeness (QED) is 0.768. The first-order chi connectivity index (χ1) is 8.38. The summed E-state index contributed by atoms with van der Waals surface area (Å²) in [5.74, 6) is 0.744. The summed E-state index contributed by atoms with van der Waals surface area (Å²) in [4.78, 5) is 7.87. The average Bonchev–Trinajstić information content (AvgIpc) is 2.28. The summed E-state index contributed by atoms with van der Waals surface area (Å²) in [5, 5.41) is 0. The van der Waals surface area contributed by atoms with E-state index in [1.807, 2.05) is 0 Å². The van der Waals surface area contributed by atoms with Crippen molar-refractivity contribution in [3.63, 3.8) is 0 Å². The molecule has 0 bridgehead atoms. The molecule has 0 saturated carbocycles. The van der Waals surface area contributed by atoms with E-state index in [0.29, 0.717) is 18.9 Å². The fourth-order valence-corrected chi connectivity index (χ4v) is 3.11. The molecule has 0 radical (unpaired) electrons. The Morgan fingerprint density at radius 2 is 1.94 bits per heavy atom. The Morgan fingerprint density at radius 3 is 2.44 bits per heavy atom. The van der Waals surface area contributed by atoms with Gasteiger partial charge in [0.2, 0.25) is 16.0 Å². The summed E-state index contributed by atoms with van der Waals surface area (Å²) in [7, 11) is -3.10. The first-order valence-electron chi connectivity index (χ1n) is 5.71. The third-order valence-electron chi connectivity index (χ3n) is 3.23. The second-order valence-electron chi connectivity index (χ2n) is 4.51. The molecule has 0 atom stereocenters. The molecule has 0 aromatic carbocycles. The first-order valence-corrected chi connectivity index (χ1v) is 7.56. The van der Waals surface area contributed by atoms with Crippen molar-refractivity contribution in [1.29, 1.82) is 0 Å². The van der Waals surface area contributed by atoms with Gasteiger partial charge < -0.3 is 11.5 Å². The monoisotopic (exact) mass is 271 g/mol. The molecule has 1 fully saturated rings. The second-order valence-corrected chi connectivity index (χ2v) is 6.49. The van der Waals surface area contributed by atoms with Crippen LogP contribution in [0.5, 0.6) is 0 Å². The van der Waals surface area contributed by atoms with Crippen LogP contribution in [0.1, 0.15) is 24.3 Å². The largest absolute Gasteiger partial charge is 0.383 e. The Balaban J connectivity index is 2.10. The number of hydrogen-bond donors (Lipinski definition) is 2. The normalized spacial score (nSPS) is 18.9. The Hall–Kier alpha value is -1.41. The smallest absolute Gasteiger partial charge is 0.221 e. The fraction of sp³-hybridized carbons (Fsp3) is 0.600. The molecule has 1 aliphatic rings. The van der Waals surface area contributed by atoms with Crippen LogP contribution in [-0.4, -0.2) is 42.0 Å². The van der Waals surface area contributed by atoms with E-state index >= 15 is 0 Å². The molecular formula is C10H17N5O2S. The second kappa shape index (κ2) is 4.69. The number of nitrogens with two attached hydrogens (primary N) is 2. The molecule has 2 heterocycles. The topological polar surface area (TPSA) is 115 Å². The van der Waals surface area contributed by atoms with Crippen LogP contribution < -0.4 is 11.5 Å². The molecule has 100 valence electrons. The molecule has 1 aromatic heterocycles. The molecule has 1 aromatic rings. The van der Waals surface area contributed by atoms with Gasteiger partial charge in [0.05, 0.1) is 6.26 Å². The SMILES string of the molecule is CS(=O)(=O)N1CCC(c2cnc(N)nc2N)CC1. The minimum atomic E-state index is -3.10. The zero-order chi connectivity index (χ0) is 13.3. The number of aromatic nitrogens is 2. The Bertz CT molecular complexity index is 537. The third kappa shape index (κ3) is 2.70. The van der Waals surface area contributed by atoms with E-state index in [4.69, 9.17) is 11.5 Å². The van der Waals surface area contributed by atoms with Crippen LogP contribution in [-0.2, 0) is 10.0 Å². The molecule has 4 N–H and O–H groups in total. The molecule has 7 nitrogen and oxygen atoms in total. The highest BCUT2D eigenvalue weighted by atomic mass is 32.2. The summed E-state index contributed by atoms with van der Waals surface area (Å²) in [6.45, 7) is 1.01. The van der Waals surface area contributed by atoms with E-state index in [9.17, 15) is 8.42 Å². The van der Waals surface area contributed by atoms with Gasteiger partial charge in [-0.25, -0.2) is 17.7 Å². The first kappa shape index (κ1) is 13.0. The number of sulfonamides is 1. The molecule has 0 unspecified atom stereocenters. The van der Waals surface area contributed by atoms with Gasteiger partial charge in [0.1, 0.15) is 5.82 Å². The van der Waals surface area contributed by atoms with Crippen molar-refractivity contribution < 1.29 is 8.42 Å². The van der Waals surface area contributed by atoms with Crippen LogP contribution in [0.2, 0.25) is 0 Å². The summed E-state index contributed by atoms with van der Waals surface area (Å²) < 4.78 is 24.3. The zero-order valence-corrected chi connectivity index (χ0v) is 11.0. The van der Waals surface area contributed by atoms with E-state index in [2.05, 4.69) is 9.97 Å². The van der Waals surface area contributed by atoms with Crippen LogP contribution in [0.3, 0.4) is 0 Å². The van der Waals surface area contributed by atoms with Crippen molar-refractivity contribution in [2.45, 2.75) is 18.8 Å². The van der Waals surface area contributed by atoms with Crippen molar-refractivity contribution in [2.24, 2.45) is 0 Å². The molecule has 0 spiro atoms. The van der Waals surface area contributed by atoms with Gasteiger partial charge in [-0.05, 0) is 18.8 Å². The highest BCUT2D eigenvalue weighted by Crippen LogP contribution is 2.31. The third-order valence-corrected chi connectivity index (χ3v) is 4.53. The van der Waals surface area contributed by atoms with Crippen LogP contribution in [0.4, 0.5) is 11.8 Å². The Kier molecular flexibility index (Phi) is 3.40. The van der Waals surface area contributed by atoms with Gasteiger partial charge in [0.25, 0.3) is 0 Å². The summed E-state index contributed by atoms with van der Waals surface area (Å²) in [6, 6.07) is 0. The maximum Gasteiger partial charge on any atom is 0.221 e. The lowest BCUT2D eigenvalue weighted by atomic mass is 9.91. The minimum absolute atomic E-state index is 0.157. The van der Waals surface area contributed by atoms with Crippen LogP contribution in [0.15, 0.2) is 6.20 Å². The van der Waals surface area contributed by atoms with E-state index < -0.39 is 10.0 Å². The van der Waals surface area contributed by atoms with Crippen molar-refractivity contribution in [3.05, 3.63) is 11.8 Å². The maximum absolute atomic E-state index is 11.4. The summed E-state index contributed by atoms with van der Waals surface area (Å²) >= 11 is 0. The predicted octanol–water partition coefficient (Wildman–Crippen LogP) is -0.220. The molecule has 2 rings (SSSR count). The zero-order valence-electron chi connectivity index (χ0n) is 10.2. The fourth-order valence-electron chi connectivity index (χ4n) is 2.23. The lowest BCUT2D eigenvalue weighted by Crippen LogP contribution is -2.37. The van der Waals surface area contributed by atoms with Crippen molar-refractivity contribution >= 4 is 21.8 Å². The number of anilines is 2. The van der Waals surface area contributed by atoms with E-state index in [1.54, 1.807) is 6.20 Å². The van der Waals surface area contributed by atoms with Gasteiger partial charge in [-0.15, -0.1) is 0 Å². The Morgan fingerprint density at radius 1 is 1.33 bits per heavy atom. The minimum Gasteiger partial charge on any atom is -0.383 e. The Labute approximate surface area is 106 Å². The highest BCUT2D eigenvalue weighted by molar-refractivity contribution is 7.88. The van der Waals surface area contributed by atoms with Crippen molar-refractivity contribution in [2.75, 3.05) is 30.8 Å². The molecule has 1 aliphatic heterocycles. The number of nitrogen functional groups attached to an aromatic ring is 2. The number of piperidine rings is 1. The molecular weight excluding hydrogens is 254 g/mol. The van der Waals surface area contributed by atoms with Gasteiger partial charge in [-0.1, -0.05) is 0 Å². The van der Waals surface area contributed by atoms with E-state index in [-0.39, 0.29) is 11.9 Å². The van der Waals surface area contributed by atoms with Gasteiger partial charge in [0.15, 0.2) is 0 Å².